The van der Waals surface area contributed by atoms with Crippen molar-refractivity contribution in [1.82, 2.24) is 19.6 Å². The average Bonchev–Trinajstić information content (AvgIpc) is 3.44. The number of piperidine rings is 1. The van der Waals surface area contributed by atoms with Gasteiger partial charge in [0, 0.05) is 43.0 Å². The van der Waals surface area contributed by atoms with Crippen LogP contribution in [0.2, 0.25) is 0 Å². The fourth-order valence-electron chi connectivity index (χ4n) is 4.92. The van der Waals surface area contributed by atoms with Gasteiger partial charge in [0.15, 0.2) is 11.5 Å². The van der Waals surface area contributed by atoms with Crippen LogP contribution in [0.3, 0.4) is 0 Å². The van der Waals surface area contributed by atoms with E-state index >= 15 is 0 Å². The lowest BCUT2D eigenvalue weighted by Gasteiger charge is -2.29. The molecule has 4 aromatic rings. The Kier molecular flexibility index (Phi) is 6.66. The van der Waals surface area contributed by atoms with Crippen LogP contribution in [0.1, 0.15) is 35.7 Å². The van der Waals surface area contributed by atoms with E-state index in [0.29, 0.717) is 52.7 Å². The molecule has 9 nitrogen and oxygen atoms in total. The van der Waals surface area contributed by atoms with Gasteiger partial charge >= 0.3 is 0 Å². The Balaban J connectivity index is 1.37. The predicted octanol–water partition coefficient (Wildman–Crippen LogP) is 4.38. The minimum Gasteiger partial charge on any atom is -0.454 e. The maximum Gasteiger partial charge on any atom is 0.252 e. The van der Waals surface area contributed by atoms with Gasteiger partial charge in [-0.15, -0.1) is 0 Å². The molecule has 0 saturated carbocycles. The molecule has 1 saturated heterocycles. The van der Waals surface area contributed by atoms with Crippen LogP contribution >= 0.6 is 0 Å². The fourth-order valence-corrected chi connectivity index (χ4v) is 6.41. The quantitative estimate of drug-likeness (QED) is 0.384. The normalized spacial score (nSPS) is 15.9. The largest absolute Gasteiger partial charge is 0.454 e. The Hall–Kier alpha value is -4.02. The molecule has 1 fully saturated rings. The van der Waals surface area contributed by atoms with Gasteiger partial charge in [0.25, 0.3) is 5.91 Å². The van der Waals surface area contributed by atoms with Crippen LogP contribution < -0.4 is 14.8 Å². The first-order valence-electron chi connectivity index (χ1n) is 12.9. The van der Waals surface area contributed by atoms with E-state index in [1.54, 1.807) is 42.7 Å². The van der Waals surface area contributed by atoms with Crippen LogP contribution in [0.5, 0.6) is 11.5 Å². The molecule has 0 radical (unpaired) electrons. The van der Waals surface area contributed by atoms with E-state index in [1.807, 2.05) is 24.3 Å². The number of nitrogens with zero attached hydrogens (tertiary/aromatic N) is 3. The lowest BCUT2D eigenvalue weighted by atomic mass is 10.0. The van der Waals surface area contributed by atoms with Crippen molar-refractivity contribution < 1.29 is 22.7 Å². The second kappa shape index (κ2) is 10.3. The molecule has 39 heavy (non-hydrogen) atoms. The number of pyridine rings is 2. The zero-order valence-corrected chi connectivity index (χ0v) is 22.3. The predicted molar refractivity (Wildman–Crippen MR) is 146 cm³/mol. The van der Waals surface area contributed by atoms with Crippen molar-refractivity contribution in [1.29, 1.82) is 0 Å². The Morgan fingerprint density at radius 1 is 1.05 bits per heavy atom. The third kappa shape index (κ3) is 5.05. The minimum absolute atomic E-state index is 0.158. The number of rotatable bonds is 6. The topological polar surface area (TPSA) is 111 Å². The van der Waals surface area contributed by atoms with E-state index in [2.05, 4.69) is 17.2 Å². The molecule has 6 rings (SSSR count). The molecule has 0 aliphatic carbocycles. The van der Waals surface area contributed by atoms with Crippen LogP contribution in [0.25, 0.3) is 22.2 Å². The molecule has 4 heterocycles. The Bertz CT molecular complexity index is 1650. The number of fused-ring (bicyclic) bond motifs is 2. The first kappa shape index (κ1) is 25.3. The van der Waals surface area contributed by atoms with Crippen LogP contribution in [0.4, 0.5) is 0 Å². The van der Waals surface area contributed by atoms with Crippen molar-refractivity contribution >= 4 is 26.8 Å². The minimum atomic E-state index is -3.70. The summed E-state index contributed by atoms with van der Waals surface area (Å²) in [6, 6.07) is 15.7. The molecule has 0 atom stereocenters. The van der Waals surface area contributed by atoms with Crippen LogP contribution in [-0.4, -0.2) is 48.5 Å². The number of ether oxygens (including phenoxy) is 2. The van der Waals surface area contributed by atoms with Gasteiger partial charge in [-0.1, -0.05) is 13.0 Å². The van der Waals surface area contributed by atoms with E-state index in [1.165, 1.54) is 4.31 Å². The van der Waals surface area contributed by atoms with Gasteiger partial charge < -0.3 is 14.8 Å². The summed E-state index contributed by atoms with van der Waals surface area (Å²) in [5.41, 5.74) is 3.04. The van der Waals surface area contributed by atoms with Crippen molar-refractivity contribution in [2.75, 3.05) is 19.9 Å². The first-order valence-corrected chi connectivity index (χ1v) is 14.3. The van der Waals surface area contributed by atoms with Crippen molar-refractivity contribution in [3.8, 4) is 22.8 Å². The molecular formula is C29H28N4O5S. The zero-order valence-electron chi connectivity index (χ0n) is 21.5. The third-order valence-electron chi connectivity index (χ3n) is 7.25. The summed E-state index contributed by atoms with van der Waals surface area (Å²) >= 11 is 0. The number of hydrogen-bond acceptors (Lipinski definition) is 7. The molecule has 0 unspecified atom stereocenters. The number of sulfonamides is 1. The molecule has 10 heteroatoms. The Labute approximate surface area is 226 Å². The lowest BCUT2D eigenvalue weighted by Crippen LogP contribution is -2.37. The third-order valence-corrected chi connectivity index (χ3v) is 9.15. The molecule has 2 aliphatic rings. The highest BCUT2D eigenvalue weighted by atomic mass is 32.2. The van der Waals surface area contributed by atoms with Gasteiger partial charge in [-0.05, 0) is 72.9 Å². The van der Waals surface area contributed by atoms with E-state index < -0.39 is 10.0 Å². The Morgan fingerprint density at radius 3 is 2.67 bits per heavy atom. The van der Waals surface area contributed by atoms with Gasteiger partial charge in [-0.25, -0.2) is 13.4 Å². The van der Waals surface area contributed by atoms with E-state index in [0.717, 1.165) is 24.0 Å². The standard InChI is InChI=1S/C29H28N4O5S/c1-19-8-11-33(12-9-19)39(35,36)22-5-6-25-23(14-22)24(15-26(32-25)21-3-2-10-30-17-21)29(34)31-16-20-4-7-27-28(13-20)38-18-37-27/h2-7,10,13-15,17,19H,8-9,11-12,16,18H2,1H3,(H,31,34). The average molecular weight is 545 g/mol. The van der Waals surface area contributed by atoms with Gasteiger partial charge in [0.1, 0.15) is 0 Å². The molecule has 1 amide bonds. The van der Waals surface area contributed by atoms with Gasteiger partial charge in [-0.3, -0.25) is 9.78 Å². The summed E-state index contributed by atoms with van der Waals surface area (Å²) in [7, 11) is -3.70. The first-order chi connectivity index (χ1) is 18.9. The van der Waals surface area contributed by atoms with Crippen molar-refractivity contribution in [2.45, 2.75) is 31.2 Å². The highest BCUT2D eigenvalue weighted by molar-refractivity contribution is 7.89. The molecular weight excluding hydrogens is 516 g/mol. The summed E-state index contributed by atoms with van der Waals surface area (Å²) in [6.07, 6.45) is 5.01. The van der Waals surface area contributed by atoms with Gasteiger partial charge in [0.05, 0.1) is 21.7 Å². The van der Waals surface area contributed by atoms with Crippen LogP contribution in [0, 0.1) is 5.92 Å². The summed E-state index contributed by atoms with van der Waals surface area (Å²) in [5, 5.41) is 3.43. The number of aromatic nitrogens is 2. The van der Waals surface area contributed by atoms with E-state index in [9.17, 15) is 13.2 Å². The maximum atomic E-state index is 13.6. The monoisotopic (exact) mass is 544 g/mol. The maximum absolute atomic E-state index is 13.6. The summed E-state index contributed by atoms with van der Waals surface area (Å²) < 4.78 is 39.3. The number of benzene rings is 2. The summed E-state index contributed by atoms with van der Waals surface area (Å²) in [5.74, 6) is 1.47. The lowest BCUT2D eigenvalue weighted by molar-refractivity contribution is 0.0952. The van der Waals surface area contributed by atoms with E-state index in [4.69, 9.17) is 14.5 Å². The SMILES string of the molecule is CC1CCN(S(=O)(=O)c2ccc3nc(-c4cccnc4)cc(C(=O)NCc4ccc5c(c4)OCO5)c3c2)CC1. The van der Waals surface area contributed by atoms with Crippen molar-refractivity contribution in [2.24, 2.45) is 5.92 Å². The highest BCUT2D eigenvalue weighted by Crippen LogP contribution is 2.33. The molecule has 200 valence electrons. The molecule has 2 aromatic heterocycles. The number of hydrogen-bond donors (Lipinski definition) is 1. The highest BCUT2D eigenvalue weighted by Gasteiger charge is 2.29. The smallest absolute Gasteiger partial charge is 0.252 e. The molecule has 0 bridgehead atoms. The van der Waals surface area contributed by atoms with E-state index in [-0.39, 0.29) is 24.1 Å². The fraction of sp³-hybridized carbons (Fsp3) is 0.276. The summed E-state index contributed by atoms with van der Waals surface area (Å²) in [4.78, 5) is 22.6. The molecule has 1 N–H and O–H groups in total. The van der Waals surface area contributed by atoms with Crippen molar-refractivity contribution in [3.63, 3.8) is 0 Å². The number of amides is 1. The second-order valence-corrected chi connectivity index (χ2v) is 11.9. The van der Waals surface area contributed by atoms with Crippen LogP contribution in [-0.2, 0) is 16.6 Å². The molecule has 2 aromatic carbocycles. The van der Waals surface area contributed by atoms with Gasteiger partial charge in [-0.2, -0.15) is 4.31 Å². The van der Waals surface area contributed by atoms with Crippen molar-refractivity contribution in [3.05, 3.63) is 78.1 Å². The number of carbonyl (C=O) groups is 1. The number of nitrogens with one attached hydrogen (secondary N) is 1. The zero-order chi connectivity index (χ0) is 27.0. The molecule has 0 spiro atoms. The molecule has 2 aliphatic heterocycles. The number of carbonyl (C=O) groups excluding carboxylic acids is 1. The Morgan fingerprint density at radius 2 is 1.87 bits per heavy atom. The van der Waals surface area contributed by atoms with Crippen LogP contribution in [0.15, 0.2) is 71.9 Å². The second-order valence-electron chi connectivity index (χ2n) is 9.93. The van der Waals surface area contributed by atoms with Gasteiger partial charge in [0.2, 0.25) is 16.8 Å². The summed E-state index contributed by atoms with van der Waals surface area (Å²) in [6.45, 7) is 3.55.